The highest BCUT2D eigenvalue weighted by molar-refractivity contribution is 6.31. The third-order valence-electron chi connectivity index (χ3n) is 3.09. The Balaban J connectivity index is 2.08. The number of hydrogen-bond acceptors (Lipinski definition) is 7. The number of nitrogens with zero attached hydrogens (tertiary/aromatic N) is 4. The minimum atomic E-state index is -0.804. The topological polar surface area (TPSA) is 135 Å². The first-order chi connectivity index (χ1) is 11.8. The summed E-state index contributed by atoms with van der Waals surface area (Å²) in [6.07, 6.45) is 1.13. The molecule has 2 rings (SSSR count). The highest BCUT2D eigenvalue weighted by Crippen LogP contribution is 2.22. The predicted octanol–water partition coefficient (Wildman–Crippen LogP) is 1.63. The van der Waals surface area contributed by atoms with Gasteiger partial charge in [-0.25, -0.2) is 4.79 Å². The zero-order valence-corrected chi connectivity index (χ0v) is 14.1. The Morgan fingerprint density at radius 3 is 2.84 bits per heavy atom. The summed E-state index contributed by atoms with van der Waals surface area (Å²) >= 11 is 5.89. The summed E-state index contributed by atoms with van der Waals surface area (Å²) in [7, 11) is 1.44. The molecular formula is C14H14ClN5O5. The van der Waals surface area contributed by atoms with E-state index in [1.165, 1.54) is 20.1 Å². The third-order valence-corrected chi connectivity index (χ3v) is 3.33. The molecule has 1 heterocycles. The van der Waals surface area contributed by atoms with Crippen LogP contribution in [0.25, 0.3) is 0 Å². The van der Waals surface area contributed by atoms with Crippen LogP contribution in [0.15, 0.2) is 29.6 Å². The maximum atomic E-state index is 11.8. The number of hydrogen-bond donors (Lipinski definition) is 1. The summed E-state index contributed by atoms with van der Waals surface area (Å²) in [5.41, 5.74) is 6.12. The molecule has 10 nitrogen and oxygen atoms in total. The fourth-order valence-electron chi connectivity index (χ4n) is 1.96. The molecule has 0 atom stereocenters. The normalized spacial score (nSPS) is 11.2. The van der Waals surface area contributed by atoms with E-state index in [2.05, 4.69) is 10.3 Å². The molecule has 0 aliphatic rings. The van der Waals surface area contributed by atoms with E-state index in [1.807, 2.05) is 0 Å². The second-order valence-corrected chi connectivity index (χ2v) is 5.28. The highest BCUT2D eigenvalue weighted by atomic mass is 35.5. The molecule has 1 aromatic carbocycles. The van der Waals surface area contributed by atoms with Crippen molar-refractivity contribution < 1.29 is 19.3 Å². The van der Waals surface area contributed by atoms with E-state index in [0.717, 1.165) is 10.9 Å². The van der Waals surface area contributed by atoms with Crippen LogP contribution in [-0.4, -0.2) is 33.6 Å². The van der Waals surface area contributed by atoms with Gasteiger partial charge in [0.2, 0.25) is 0 Å². The number of nitrogens with two attached hydrogens (primary N) is 1. The van der Waals surface area contributed by atoms with Crippen LogP contribution in [0.2, 0.25) is 5.02 Å². The molecule has 25 heavy (non-hydrogen) atoms. The van der Waals surface area contributed by atoms with Gasteiger partial charge in [0, 0.05) is 5.02 Å². The number of nitro groups is 1. The Morgan fingerprint density at radius 2 is 2.24 bits per heavy atom. The quantitative estimate of drug-likeness (QED) is 0.269. The molecule has 0 saturated carbocycles. The monoisotopic (exact) mass is 367 g/mol. The summed E-state index contributed by atoms with van der Waals surface area (Å²) in [6.45, 7) is 1.10. The molecule has 0 amide bonds. The van der Waals surface area contributed by atoms with E-state index in [4.69, 9.17) is 26.9 Å². The van der Waals surface area contributed by atoms with Crippen LogP contribution in [-0.2, 0) is 16.2 Å². The molecule has 11 heteroatoms. The molecule has 2 N–H and O–H groups in total. The maximum absolute atomic E-state index is 11.8. The predicted molar refractivity (Wildman–Crippen MR) is 88.4 cm³/mol. The van der Waals surface area contributed by atoms with Crippen LogP contribution in [0.3, 0.4) is 0 Å². The van der Waals surface area contributed by atoms with Crippen molar-refractivity contribution in [3.63, 3.8) is 0 Å². The van der Waals surface area contributed by atoms with Crippen molar-refractivity contribution in [2.24, 2.45) is 10.9 Å². The maximum Gasteiger partial charge on any atom is 0.356 e. The van der Waals surface area contributed by atoms with Crippen molar-refractivity contribution in [2.75, 3.05) is 7.11 Å². The van der Waals surface area contributed by atoms with Gasteiger partial charge < -0.3 is 15.3 Å². The van der Waals surface area contributed by atoms with Gasteiger partial charge in [0.05, 0.1) is 17.6 Å². The number of carbonyl (C=O) groups is 1. The van der Waals surface area contributed by atoms with Crippen LogP contribution in [0.5, 0.6) is 5.75 Å². The van der Waals surface area contributed by atoms with Gasteiger partial charge in [0.1, 0.15) is 24.2 Å². The molecule has 132 valence electrons. The zero-order valence-electron chi connectivity index (χ0n) is 13.3. The summed E-state index contributed by atoms with van der Waals surface area (Å²) in [4.78, 5) is 26.7. The van der Waals surface area contributed by atoms with Crippen molar-refractivity contribution in [1.29, 1.82) is 0 Å². The van der Waals surface area contributed by atoms with Gasteiger partial charge in [-0.1, -0.05) is 16.8 Å². The minimum Gasteiger partial charge on any atom is -0.496 e. The number of rotatable bonds is 6. The number of aromatic nitrogens is 2. The lowest BCUT2D eigenvalue weighted by Gasteiger charge is -2.07. The van der Waals surface area contributed by atoms with Crippen LogP contribution in [0, 0.1) is 17.0 Å². The lowest BCUT2D eigenvalue weighted by Crippen LogP contribution is -2.18. The highest BCUT2D eigenvalue weighted by Gasteiger charge is 2.17. The van der Waals surface area contributed by atoms with Gasteiger partial charge in [0.25, 0.3) is 0 Å². The van der Waals surface area contributed by atoms with E-state index in [-0.39, 0.29) is 23.8 Å². The largest absolute Gasteiger partial charge is 0.496 e. The Bertz CT molecular complexity index is 848. The summed E-state index contributed by atoms with van der Waals surface area (Å²) in [5.74, 6) is -0.517. The smallest absolute Gasteiger partial charge is 0.356 e. The van der Waals surface area contributed by atoms with Crippen LogP contribution < -0.4 is 10.5 Å². The van der Waals surface area contributed by atoms with Crippen molar-refractivity contribution in [3.8, 4) is 5.75 Å². The number of halogens is 1. The number of ether oxygens (including phenoxy) is 1. The molecule has 0 aliphatic carbocycles. The van der Waals surface area contributed by atoms with Crippen molar-refractivity contribution in [2.45, 2.75) is 13.5 Å². The van der Waals surface area contributed by atoms with Crippen LogP contribution in [0.4, 0.5) is 5.69 Å². The second kappa shape index (κ2) is 7.62. The SMILES string of the molecule is COc1ccc(Cl)cc1/C(N)=N/OC(=O)Cn1cc([N+](=O)[O-])c(C)n1. The number of carbonyl (C=O) groups excluding carboxylic acids is 1. The summed E-state index contributed by atoms with van der Waals surface area (Å²) < 4.78 is 6.21. The van der Waals surface area contributed by atoms with Gasteiger partial charge in [0.15, 0.2) is 5.84 Å². The van der Waals surface area contributed by atoms with Gasteiger partial charge in [-0.2, -0.15) is 5.10 Å². The molecule has 1 aromatic heterocycles. The molecule has 0 spiro atoms. The van der Waals surface area contributed by atoms with E-state index in [0.29, 0.717) is 16.3 Å². The molecule has 0 saturated heterocycles. The third kappa shape index (κ3) is 4.44. The first kappa shape index (κ1) is 18.2. The number of benzene rings is 1. The fourth-order valence-corrected chi connectivity index (χ4v) is 2.13. The summed E-state index contributed by atoms with van der Waals surface area (Å²) in [6, 6.07) is 4.71. The number of oxime groups is 1. The molecule has 0 fully saturated rings. The lowest BCUT2D eigenvalue weighted by atomic mass is 10.2. The number of aryl methyl sites for hydroxylation is 1. The molecule has 0 aliphatic heterocycles. The minimum absolute atomic E-state index is 0.115. The molecule has 0 bridgehead atoms. The molecule has 0 unspecified atom stereocenters. The summed E-state index contributed by atoms with van der Waals surface area (Å²) in [5, 5.41) is 18.5. The van der Waals surface area contributed by atoms with E-state index >= 15 is 0 Å². The molecular weight excluding hydrogens is 354 g/mol. The van der Waals surface area contributed by atoms with Gasteiger partial charge in [-0.05, 0) is 25.1 Å². The van der Waals surface area contributed by atoms with Gasteiger partial charge in [-0.3, -0.25) is 14.8 Å². The van der Waals surface area contributed by atoms with E-state index in [9.17, 15) is 14.9 Å². The Kier molecular flexibility index (Phi) is 5.55. The average Bonchev–Trinajstić information content (AvgIpc) is 2.93. The van der Waals surface area contributed by atoms with E-state index < -0.39 is 10.9 Å². The number of methoxy groups -OCH3 is 1. The van der Waals surface area contributed by atoms with Crippen molar-refractivity contribution in [3.05, 3.63) is 50.8 Å². The molecule has 0 radical (unpaired) electrons. The number of amidine groups is 1. The van der Waals surface area contributed by atoms with Gasteiger partial charge >= 0.3 is 11.7 Å². The second-order valence-electron chi connectivity index (χ2n) is 4.84. The van der Waals surface area contributed by atoms with E-state index in [1.54, 1.807) is 12.1 Å². The van der Waals surface area contributed by atoms with Crippen molar-refractivity contribution in [1.82, 2.24) is 9.78 Å². The Hall–Kier alpha value is -3.14. The Labute approximate surface area is 146 Å². The first-order valence-corrected chi connectivity index (χ1v) is 7.25. The van der Waals surface area contributed by atoms with Gasteiger partial charge in [-0.15, -0.1) is 0 Å². The fraction of sp³-hybridized carbons (Fsp3) is 0.214. The van der Waals surface area contributed by atoms with Crippen LogP contribution in [0.1, 0.15) is 11.3 Å². The molecule has 2 aromatic rings. The first-order valence-electron chi connectivity index (χ1n) is 6.87. The zero-order chi connectivity index (χ0) is 18.6. The Morgan fingerprint density at radius 1 is 1.52 bits per heavy atom. The standard InChI is InChI=1S/C14H14ClN5O5/c1-8-11(20(22)23)6-19(17-8)7-13(21)25-18-14(16)10-5-9(15)3-4-12(10)24-2/h3-6H,7H2,1-2H3,(H2,16,18). The lowest BCUT2D eigenvalue weighted by molar-refractivity contribution is -0.385. The van der Waals surface area contributed by atoms with Crippen LogP contribution >= 0.6 is 11.6 Å². The van der Waals surface area contributed by atoms with Crippen molar-refractivity contribution >= 4 is 29.1 Å². The average molecular weight is 368 g/mol.